The molecule has 1 aliphatic heterocycles. The minimum absolute atomic E-state index is 0.0797. The van der Waals surface area contributed by atoms with Crippen molar-refractivity contribution in [2.24, 2.45) is 5.41 Å². The van der Waals surface area contributed by atoms with Crippen molar-refractivity contribution in [1.82, 2.24) is 40.2 Å². The number of rotatable bonds is 7. The SMILES string of the molecule is CC(C)(C)[C@@H](C(=O)N1C[C@H](O)C[C@H]1C(=O)NCc1cn(-c2ccccc2Cl)nn1)n1cc(C2CC2)nn1. The molecule has 0 bridgehead atoms. The third-order valence-electron chi connectivity index (χ3n) is 6.79. The molecule has 11 nitrogen and oxygen atoms in total. The predicted octanol–water partition coefficient (Wildman–Crippen LogP) is 2.25. The van der Waals surface area contributed by atoms with Crippen molar-refractivity contribution in [1.29, 1.82) is 0 Å². The highest BCUT2D eigenvalue weighted by atomic mass is 35.5. The van der Waals surface area contributed by atoms with Crippen molar-refractivity contribution in [2.45, 2.75) is 70.7 Å². The molecule has 37 heavy (non-hydrogen) atoms. The van der Waals surface area contributed by atoms with E-state index in [1.807, 2.05) is 45.2 Å². The molecule has 0 spiro atoms. The van der Waals surface area contributed by atoms with E-state index in [1.54, 1.807) is 21.6 Å². The molecule has 2 aromatic heterocycles. The summed E-state index contributed by atoms with van der Waals surface area (Å²) < 4.78 is 3.16. The van der Waals surface area contributed by atoms with Gasteiger partial charge in [-0.2, -0.15) is 0 Å². The molecule has 3 atom stereocenters. The van der Waals surface area contributed by atoms with Crippen LogP contribution < -0.4 is 5.32 Å². The molecule has 2 fully saturated rings. The first-order valence-corrected chi connectivity index (χ1v) is 12.8. The van der Waals surface area contributed by atoms with Gasteiger partial charge in [-0.1, -0.05) is 54.9 Å². The fraction of sp³-hybridized carbons (Fsp3) is 0.520. The zero-order valence-electron chi connectivity index (χ0n) is 21.1. The average Bonchev–Trinajstić information content (AvgIpc) is 3.22. The molecule has 3 aromatic rings. The van der Waals surface area contributed by atoms with E-state index >= 15 is 0 Å². The summed E-state index contributed by atoms with van der Waals surface area (Å²) in [5.74, 6) is -0.212. The smallest absolute Gasteiger partial charge is 0.248 e. The largest absolute Gasteiger partial charge is 0.391 e. The monoisotopic (exact) mass is 526 g/mol. The standard InChI is InChI=1S/C25H31ClN8O3/c1-25(2,3)22(34-14-19(29-31-34)15-8-9-15)24(37)32-13-17(35)10-21(32)23(36)27-11-16-12-33(30-28-16)20-7-5-4-6-18(20)26/h4-7,12,14-15,17,21-22,35H,8-11,13H2,1-3H3,(H,27,36)/t17-,21+,22-/m1/s1. The van der Waals surface area contributed by atoms with E-state index in [2.05, 4.69) is 25.9 Å². The van der Waals surface area contributed by atoms with Gasteiger partial charge in [0.2, 0.25) is 11.8 Å². The molecular formula is C25H31ClN8O3. The van der Waals surface area contributed by atoms with Crippen LogP contribution in [0, 0.1) is 5.41 Å². The minimum atomic E-state index is -0.808. The molecule has 2 aliphatic rings. The van der Waals surface area contributed by atoms with Gasteiger partial charge in [0.1, 0.15) is 17.8 Å². The van der Waals surface area contributed by atoms with Crippen LogP contribution in [-0.2, 0) is 16.1 Å². The zero-order chi connectivity index (χ0) is 26.3. The Hall–Kier alpha value is -3.31. The lowest BCUT2D eigenvalue weighted by atomic mass is 9.85. The lowest BCUT2D eigenvalue weighted by Gasteiger charge is -2.34. The molecule has 1 aromatic carbocycles. The molecule has 0 unspecified atom stereocenters. The molecular weight excluding hydrogens is 496 g/mol. The lowest BCUT2D eigenvalue weighted by molar-refractivity contribution is -0.144. The zero-order valence-corrected chi connectivity index (χ0v) is 21.8. The van der Waals surface area contributed by atoms with Crippen LogP contribution >= 0.6 is 11.6 Å². The second-order valence-corrected chi connectivity index (χ2v) is 11.3. The molecule has 2 amide bonds. The second-order valence-electron chi connectivity index (χ2n) is 10.9. The Balaban J connectivity index is 1.29. The highest BCUT2D eigenvalue weighted by Crippen LogP contribution is 2.40. The van der Waals surface area contributed by atoms with Crippen molar-refractivity contribution in [3.05, 3.63) is 53.1 Å². The molecule has 12 heteroatoms. The van der Waals surface area contributed by atoms with Crippen molar-refractivity contribution in [3.8, 4) is 5.69 Å². The second kappa shape index (κ2) is 9.86. The first-order valence-electron chi connectivity index (χ1n) is 12.5. The number of para-hydroxylation sites is 1. The number of nitrogens with zero attached hydrogens (tertiary/aromatic N) is 7. The number of likely N-dealkylation sites (tertiary alicyclic amines) is 1. The summed E-state index contributed by atoms with van der Waals surface area (Å²) in [6.07, 6.45) is 5.06. The van der Waals surface area contributed by atoms with E-state index in [4.69, 9.17) is 11.6 Å². The van der Waals surface area contributed by atoms with Crippen molar-refractivity contribution < 1.29 is 14.7 Å². The van der Waals surface area contributed by atoms with Crippen LogP contribution in [0.1, 0.15) is 63.4 Å². The van der Waals surface area contributed by atoms with E-state index in [-0.39, 0.29) is 31.3 Å². The third kappa shape index (κ3) is 5.37. The topological polar surface area (TPSA) is 131 Å². The first kappa shape index (κ1) is 25.3. The van der Waals surface area contributed by atoms with Gasteiger partial charge >= 0.3 is 0 Å². The minimum Gasteiger partial charge on any atom is -0.391 e. The number of aromatic nitrogens is 6. The molecule has 3 heterocycles. The van der Waals surface area contributed by atoms with Gasteiger partial charge in [-0.25, -0.2) is 9.36 Å². The van der Waals surface area contributed by atoms with Gasteiger partial charge in [-0.3, -0.25) is 9.59 Å². The summed E-state index contributed by atoms with van der Waals surface area (Å²) >= 11 is 6.23. The lowest BCUT2D eigenvalue weighted by Crippen LogP contribution is -2.50. The van der Waals surface area contributed by atoms with Gasteiger partial charge in [0, 0.05) is 25.1 Å². The Kier molecular flexibility index (Phi) is 6.76. The fourth-order valence-corrected chi connectivity index (χ4v) is 4.98. The number of nitrogens with one attached hydrogen (secondary N) is 1. The molecule has 196 valence electrons. The number of benzene rings is 1. The van der Waals surface area contributed by atoms with Crippen molar-refractivity contribution in [2.75, 3.05) is 6.54 Å². The van der Waals surface area contributed by atoms with Gasteiger partial charge < -0.3 is 15.3 Å². The van der Waals surface area contributed by atoms with Crippen LogP contribution in [-0.4, -0.2) is 70.5 Å². The van der Waals surface area contributed by atoms with Gasteiger partial charge in [0.25, 0.3) is 0 Å². The van der Waals surface area contributed by atoms with Gasteiger partial charge in [-0.15, -0.1) is 10.2 Å². The Morgan fingerprint density at radius 1 is 1.16 bits per heavy atom. The molecule has 2 N–H and O–H groups in total. The number of hydrogen-bond donors (Lipinski definition) is 2. The summed E-state index contributed by atoms with van der Waals surface area (Å²) in [5.41, 5.74) is 1.61. The van der Waals surface area contributed by atoms with Gasteiger partial charge in [0.05, 0.1) is 35.2 Å². The average molecular weight is 527 g/mol. The maximum atomic E-state index is 13.8. The molecule has 1 saturated carbocycles. The van der Waals surface area contributed by atoms with Crippen LogP contribution in [0.2, 0.25) is 5.02 Å². The number of β-amino-alcohol motifs (C(OH)–C–C–N with tert-alkyl or cyclic N) is 1. The van der Waals surface area contributed by atoms with E-state index in [0.29, 0.717) is 22.3 Å². The fourth-order valence-electron chi connectivity index (χ4n) is 4.76. The quantitative estimate of drug-likeness (QED) is 0.482. The predicted molar refractivity (Wildman–Crippen MR) is 135 cm³/mol. The van der Waals surface area contributed by atoms with E-state index in [9.17, 15) is 14.7 Å². The molecule has 1 saturated heterocycles. The number of amides is 2. The van der Waals surface area contributed by atoms with E-state index in [1.165, 1.54) is 4.90 Å². The summed E-state index contributed by atoms with van der Waals surface area (Å²) in [7, 11) is 0. The summed E-state index contributed by atoms with van der Waals surface area (Å²) in [4.78, 5) is 28.5. The first-order chi connectivity index (χ1) is 17.6. The highest BCUT2D eigenvalue weighted by Gasteiger charge is 2.45. The number of hydrogen-bond acceptors (Lipinski definition) is 7. The number of halogens is 1. The third-order valence-corrected chi connectivity index (χ3v) is 7.11. The van der Waals surface area contributed by atoms with Crippen molar-refractivity contribution in [3.63, 3.8) is 0 Å². The van der Waals surface area contributed by atoms with Crippen LogP contribution in [0.25, 0.3) is 5.69 Å². The maximum absolute atomic E-state index is 13.8. The van der Waals surface area contributed by atoms with Crippen molar-refractivity contribution >= 4 is 23.4 Å². The van der Waals surface area contributed by atoms with Crippen LogP contribution in [0.5, 0.6) is 0 Å². The Morgan fingerprint density at radius 3 is 2.62 bits per heavy atom. The Bertz CT molecular complexity index is 1290. The van der Waals surface area contributed by atoms with Gasteiger partial charge in [0.15, 0.2) is 0 Å². The van der Waals surface area contributed by atoms with Crippen LogP contribution in [0.15, 0.2) is 36.7 Å². The Morgan fingerprint density at radius 2 is 1.92 bits per heavy atom. The normalized spacial score (nSPS) is 20.7. The summed E-state index contributed by atoms with van der Waals surface area (Å²) in [5, 5.41) is 30.5. The van der Waals surface area contributed by atoms with Gasteiger partial charge in [-0.05, 0) is 30.4 Å². The van der Waals surface area contributed by atoms with E-state index in [0.717, 1.165) is 18.5 Å². The van der Waals surface area contributed by atoms with Crippen LogP contribution in [0.4, 0.5) is 0 Å². The number of aliphatic hydroxyl groups excluding tert-OH is 1. The molecule has 0 radical (unpaired) electrons. The Labute approximate surface area is 219 Å². The summed E-state index contributed by atoms with van der Waals surface area (Å²) in [6.45, 7) is 6.07. The highest BCUT2D eigenvalue weighted by molar-refractivity contribution is 6.32. The number of carbonyl (C=O) groups is 2. The molecule has 5 rings (SSSR count). The maximum Gasteiger partial charge on any atom is 0.248 e. The number of carbonyl (C=O) groups excluding carboxylic acids is 2. The molecule has 1 aliphatic carbocycles. The van der Waals surface area contributed by atoms with Crippen LogP contribution in [0.3, 0.4) is 0 Å². The summed E-state index contributed by atoms with van der Waals surface area (Å²) in [6, 6.07) is 5.77. The number of aliphatic hydroxyl groups is 1. The van der Waals surface area contributed by atoms with E-state index < -0.39 is 23.6 Å².